The van der Waals surface area contributed by atoms with E-state index in [4.69, 9.17) is 28.1 Å². The van der Waals surface area contributed by atoms with Crippen LogP contribution in [0.5, 0.6) is 0 Å². The SMILES string of the molecule is CC(C)N(C(=O)O/C=C\[C@@H](C)[C@H](O)[C@H](CCOC1CCCCO1)[C@H]1OC(C)(C)O[C@@H](CCO[Si](C)(C)C(C)(C)C)[C@H]1C)C(C)C. The van der Waals surface area contributed by atoms with Gasteiger partial charge in [0.15, 0.2) is 20.4 Å². The molecule has 0 aromatic heterocycles. The summed E-state index contributed by atoms with van der Waals surface area (Å²) >= 11 is 0. The van der Waals surface area contributed by atoms with Crippen LogP contribution in [0.3, 0.4) is 0 Å². The first kappa shape index (κ1) is 40.2. The van der Waals surface area contributed by atoms with Crippen LogP contribution in [-0.4, -0.2) is 86.7 Å². The van der Waals surface area contributed by atoms with E-state index in [9.17, 15) is 9.90 Å². The highest BCUT2D eigenvalue weighted by atomic mass is 28.4. The van der Waals surface area contributed by atoms with Crippen molar-refractivity contribution >= 4 is 14.4 Å². The van der Waals surface area contributed by atoms with Crippen LogP contribution in [-0.2, 0) is 28.1 Å². The average Bonchev–Trinajstić information content (AvgIpc) is 2.92. The Morgan fingerprint density at radius 3 is 2.27 bits per heavy atom. The maximum atomic E-state index is 12.7. The Morgan fingerprint density at radius 1 is 1.07 bits per heavy atom. The van der Waals surface area contributed by atoms with Gasteiger partial charge in [0.05, 0.1) is 31.2 Å². The van der Waals surface area contributed by atoms with Crippen LogP contribution < -0.4 is 0 Å². The Balaban J connectivity index is 2.21. The minimum Gasteiger partial charge on any atom is -0.418 e. The zero-order valence-corrected chi connectivity index (χ0v) is 31.8. The molecule has 0 saturated carbocycles. The van der Waals surface area contributed by atoms with Crippen molar-refractivity contribution in [3.05, 3.63) is 12.3 Å². The second-order valence-corrected chi connectivity index (χ2v) is 20.5. The molecule has 0 bridgehead atoms. The number of amides is 1. The van der Waals surface area contributed by atoms with Gasteiger partial charge in [-0.2, -0.15) is 0 Å². The predicted molar refractivity (Wildman–Crippen MR) is 181 cm³/mol. The molecule has 9 nitrogen and oxygen atoms in total. The number of carbonyl (C=O) groups is 1. The van der Waals surface area contributed by atoms with Gasteiger partial charge >= 0.3 is 6.09 Å². The average molecular weight is 658 g/mol. The van der Waals surface area contributed by atoms with Crippen LogP contribution in [0.4, 0.5) is 4.79 Å². The van der Waals surface area contributed by atoms with Crippen molar-refractivity contribution in [3.63, 3.8) is 0 Å². The van der Waals surface area contributed by atoms with Crippen LogP contribution in [0, 0.1) is 17.8 Å². The molecule has 2 aliphatic heterocycles. The summed E-state index contributed by atoms with van der Waals surface area (Å²) in [6.07, 6.45) is 5.80. The third-order valence-electron chi connectivity index (χ3n) is 9.80. The fourth-order valence-corrected chi connectivity index (χ4v) is 7.16. The van der Waals surface area contributed by atoms with Gasteiger partial charge in [-0.15, -0.1) is 0 Å². The molecule has 0 aromatic carbocycles. The third kappa shape index (κ3) is 12.2. The van der Waals surface area contributed by atoms with Crippen LogP contribution in [0.1, 0.15) is 108 Å². The summed E-state index contributed by atoms with van der Waals surface area (Å²) in [6, 6.07) is 0.0318. The smallest absolute Gasteiger partial charge is 0.415 e. The van der Waals surface area contributed by atoms with Gasteiger partial charge < -0.3 is 38.1 Å². The van der Waals surface area contributed by atoms with E-state index in [-0.39, 0.29) is 53.4 Å². The van der Waals surface area contributed by atoms with Gasteiger partial charge in [-0.1, -0.05) is 34.6 Å². The molecule has 1 amide bonds. The predicted octanol–water partition coefficient (Wildman–Crippen LogP) is 7.87. The van der Waals surface area contributed by atoms with Crippen molar-refractivity contribution in [1.29, 1.82) is 0 Å². The second kappa shape index (κ2) is 17.4. The summed E-state index contributed by atoms with van der Waals surface area (Å²) in [5, 5.41) is 12.0. The third-order valence-corrected chi connectivity index (χ3v) is 14.3. The number of hydrogen-bond donors (Lipinski definition) is 1. The summed E-state index contributed by atoms with van der Waals surface area (Å²) in [5.74, 6) is -1.38. The maximum Gasteiger partial charge on any atom is 0.415 e. The summed E-state index contributed by atoms with van der Waals surface area (Å²) in [6.45, 7) is 28.9. The van der Waals surface area contributed by atoms with E-state index >= 15 is 0 Å². The molecular weight excluding hydrogens is 590 g/mol. The lowest BCUT2D eigenvalue weighted by Crippen LogP contribution is -2.55. The van der Waals surface area contributed by atoms with Crippen molar-refractivity contribution in [1.82, 2.24) is 4.90 Å². The van der Waals surface area contributed by atoms with Gasteiger partial charge in [0.1, 0.15) is 0 Å². The van der Waals surface area contributed by atoms with Gasteiger partial charge in [0.25, 0.3) is 0 Å². The van der Waals surface area contributed by atoms with Crippen molar-refractivity contribution in [3.8, 4) is 0 Å². The molecule has 10 heteroatoms. The Labute approximate surface area is 275 Å². The summed E-state index contributed by atoms with van der Waals surface area (Å²) in [5.41, 5.74) is 0. The lowest BCUT2D eigenvalue weighted by Gasteiger charge is -2.49. The van der Waals surface area contributed by atoms with Crippen molar-refractivity contribution < 1.29 is 38.0 Å². The summed E-state index contributed by atoms with van der Waals surface area (Å²) < 4.78 is 37.0. The fourth-order valence-electron chi connectivity index (χ4n) is 6.10. The number of rotatable bonds is 15. The van der Waals surface area contributed by atoms with E-state index < -0.39 is 26.3 Å². The highest BCUT2D eigenvalue weighted by molar-refractivity contribution is 6.74. The Kier molecular flexibility index (Phi) is 15.5. The number of ether oxygens (including phenoxy) is 5. The first-order valence-corrected chi connectivity index (χ1v) is 20.2. The molecule has 2 fully saturated rings. The molecule has 2 aliphatic rings. The first-order valence-electron chi connectivity index (χ1n) is 17.3. The Bertz CT molecular complexity index is 904. The van der Waals surface area contributed by atoms with Crippen LogP contribution in [0.25, 0.3) is 0 Å². The van der Waals surface area contributed by atoms with Crippen LogP contribution in [0.2, 0.25) is 18.1 Å². The van der Waals surface area contributed by atoms with Gasteiger partial charge in [-0.05, 0) is 97.9 Å². The summed E-state index contributed by atoms with van der Waals surface area (Å²) in [4.78, 5) is 14.4. The van der Waals surface area contributed by atoms with E-state index in [0.717, 1.165) is 32.3 Å². The molecule has 2 saturated heterocycles. The molecule has 45 heavy (non-hydrogen) atoms. The second-order valence-electron chi connectivity index (χ2n) is 15.7. The quantitative estimate of drug-likeness (QED) is 0.140. The van der Waals surface area contributed by atoms with E-state index in [1.807, 2.05) is 48.5 Å². The number of aliphatic hydroxyl groups is 1. The van der Waals surface area contributed by atoms with Crippen LogP contribution >= 0.6 is 0 Å². The van der Waals surface area contributed by atoms with Gasteiger partial charge in [0, 0.05) is 43.1 Å². The number of aliphatic hydroxyl groups excluding tert-OH is 1. The van der Waals surface area contributed by atoms with Crippen LogP contribution in [0.15, 0.2) is 12.3 Å². The van der Waals surface area contributed by atoms with Crippen molar-refractivity contribution in [2.75, 3.05) is 19.8 Å². The molecule has 264 valence electrons. The summed E-state index contributed by atoms with van der Waals surface area (Å²) in [7, 11) is -1.90. The zero-order valence-electron chi connectivity index (χ0n) is 30.8. The van der Waals surface area contributed by atoms with E-state index in [1.54, 1.807) is 11.0 Å². The van der Waals surface area contributed by atoms with Crippen molar-refractivity contribution in [2.45, 2.75) is 169 Å². The normalized spacial score (nSPS) is 26.7. The first-order chi connectivity index (χ1) is 20.8. The largest absolute Gasteiger partial charge is 0.418 e. The standard InChI is InChI=1S/C35H67NO8Si/c1-24(2)36(25(3)4)33(38)41-21-17-26(5)31(37)28(18-22-40-30-16-14-15-20-39-30)32-27(6)29(43-35(10,11)44-32)19-23-42-45(12,13)34(7,8)9/h17,21,24-32,37H,14-16,18-20,22-23H2,1-13H3/b21-17-/t26-,27-,28+,29+,30?,31+,32+/m1/s1. The zero-order chi connectivity index (χ0) is 34.2. The van der Waals surface area contributed by atoms with E-state index in [2.05, 4.69) is 40.8 Å². The van der Waals surface area contributed by atoms with E-state index in [0.29, 0.717) is 19.6 Å². The van der Waals surface area contributed by atoms with Gasteiger partial charge in [0.2, 0.25) is 0 Å². The molecule has 7 atom stereocenters. The van der Waals surface area contributed by atoms with Gasteiger partial charge in [-0.25, -0.2) is 4.79 Å². The molecule has 0 aliphatic carbocycles. The lowest BCUT2D eigenvalue weighted by atomic mass is 9.78. The molecule has 1 N–H and O–H groups in total. The lowest BCUT2D eigenvalue weighted by molar-refractivity contribution is -0.334. The Morgan fingerprint density at radius 2 is 1.71 bits per heavy atom. The minimum absolute atomic E-state index is 0.00581. The molecule has 0 radical (unpaired) electrons. The van der Waals surface area contributed by atoms with Crippen molar-refractivity contribution in [2.24, 2.45) is 17.8 Å². The number of hydrogen-bond acceptors (Lipinski definition) is 8. The molecular formula is C35H67NO8Si. The van der Waals surface area contributed by atoms with Gasteiger partial charge in [-0.3, -0.25) is 0 Å². The molecule has 0 spiro atoms. The number of carbonyl (C=O) groups excluding carboxylic acids is 1. The monoisotopic (exact) mass is 657 g/mol. The van der Waals surface area contributed by atoms with E-state index in [1.165, 1.54) is 6.26 Å². The maximum absolute atomic E-state index is 12.7. The number of nitrogens with zero attached hydrogens (tertiary/aromatic N) is 1. The fraction of sp³-hybridized carbons (Fsp3) is 0.914. The molecule has 1 unspecified atom stereocenters. The highest BCUT2D eigenvalue weighted by Gasteiger charge is 2.47. The molecule has 0 aromatic rings. The minimum atomic E-state index is -1.90. The Hall–Kier alpha value is -1.01. The highest BCUT2D eigenvalue weighted by Crippen LogP contribution is 2.41. The molecule has 2 rings (SSSR count). The molecule has 2 heterocycles. The topological polar surface area (TPSA) is 95.9 Å².